The van der Waals surface area contributed by atoms with E-state index in [-0.39, 0.29) is 6.42 Å². The van der Waals surface area contributed by atoms with Crippen molar-refractivity contribution in [2.24, 2.45) is 11.8 Å². The Balaban J connectivity index is 1.48. The molecule has 41 heavy (non-hydrogen) atoms. The molecular formula is C32H29N3O6. The maximum atomic E-state index is 14.2. The lowest BCUT2D eigenvalue weighted by Gasteiger charge is -2.31. The number of nitrogens with one attached hydrogen (secondary N) is 2. The average molecular weight is 552 g/mol. The van der Waals surface area contributed by atoms with E-state index in [2.05, 4.69) is 10.3 Å². The Morgan fingerprint density at radius 3 is 2.34 bits per heavy atom. The summed E-state index contributed by atoms with van der Waals surface area (Å²) in [5.74, 6) is -4.87. The molecule has 2 fully saturated rings. The van der Waals surface area contributed by atoms with Crippen LogP contribution in [0, 0.1) is 11.8 Å². The Labute approximate surface area is 236 Å². The van der Waals surface area contributed by atoms with Gasteiger partial charge in [-0.1, -0.05) is 49.4 Å². The lowest BCUT2D eigenvalue weighted by atomic mass is 9.76. The summed E-state index contributed by atoms with van der Waals surface area (Å²) in [6.45, 7) is 2.01. The van der Waals surface area contributed by atoms with Crippen molar-refractivity contribution >= 4 is 40.3 Å². The molecule has 2 amide bonds. The van der Waals surface area contributed by atoms with Gasteiger partial charge in [-0.05, 0) is 53.4 Å². The zero-order valence-corrected chi connectivity index (χ0v) is 22.6. The molecule has 9 nitrogen and oxygen atoms in total. The number of amides is 2. The van der Waals surface area contributed by atoms with Gasteiger partial charge in [-0.2, -0.15) is 0 Å². The number of benzene rings is 3. The molecule has 0 spiro atoms. The van der Waals surface area contributed by atoms with E-state index in [1.165, 1.54) is 7.11 Å². The van der Waals surface area contributed by atoms with E-state index >= 15 is 0 Å². The molecule has 3 N–H and O–H groups in total. The number of aromatic nitrogens is 1. The Kier molecular flexibility index (Phi) is 6.46. The van der Waals surface area contributed by atoms with Gasteiger partial charge in [0, 0.05) is 29.6 Å². The van der Waals surface area contributed by atoms with Crippen LogP contribution in [0.2, 0.25) is 0 Å². The molecule has 2 saturated heterocycles. The van der Waals surface area contributed by atoms with Crippen LogP contribution in [-0.4, -0.2) is 46.5 Å². The zero-order valence-electron chi connectivity index (χ0n) is 22.6. The molecule has 6 rings (SSSR count). The van der Waals surface area contributed by atoms with Crippen LogP contribution in [0.25, 0.3) is 10.9 Å². The third-order valence-corrected chi connectivity index (χ3v) is 8.47. The molecule has 4 atom stereocenters. The molecule has 2 aliphatic heterocycles. The van der Waals surface area contributed by atoms with Crippen LogP contribution in [-0.2, 0) is 32.0 Å². The van der Waals surface area contributed by atoms with Crippen molar-refractivity contribution in [3.05, 3.63) is 101 Å². The molecule has 4 aromatic rings. The minimum Gasteiger partial charge on any atom is -0.480 e. The molecule has 208 valence electrons. The molecule has 0 saturated carbocycles. The number of fused-ring (bicyclic) bond motifs is 2. The van der Waals surface area contributed by atoms with E-state index in [9.17, 15) is 24.3 Å². The van der Waals surface area contributed by atoms with Gasteiger partial charge in [0.15, 0.2) is 0 Å². The van der Waals surface area contributed by atoms with Crippen LogP contribution >= 0.6 is 0 Å². The maximum absolute atomic E-state index is 14.2. The lowest BCUT2D eigenvalue weighted by Crippen LogP contribution is -2.57. The van der Waals surface area contributed by atoms with Crippen LogP contribution in [0.15, 0.2) is 79.0 Å². The van der Waals surface area contributed by atoms with Gasteiger partial charge in [-0.3, -0.25) is 19.7 Å². The molecular weight excluding hydrogens is 522 g/mol. The van der Waals surface area contributed by atoms with Gasteiger partial charge >= 0.3 is 11.9 Å². The summed E-state index contributed by atoms with van der Waals surface area (Å²) in [5.41, 5.74) is 2.18. The molecule has 9 heteroatoms. The molecule has 2 aliphatic rings. The molecule has 4 unspecified atom stereocenters. The lowest BCUT2D eigenvalue weighted by molar-refractivity contribution is -0.148. The van der Waals surface area contributed by atoms with Gasteiger partial charge in [0.05, 0.1) is 30.2 Å². The Bertz CT molecular complexity index is 1680. The van der Waals surface area contributed by atoms with Crippen LogP contribution in [0.4, 0.5) is 5.69 Å². The second-order valence-corrected chi connectivity index (χ2v) is 10.6. The summed E-state index contributed by atoms with van der Waals surface area (Å²) >= 11 is 0. The summed E-state index contributed by atoms with van der Waals surface area (Å²) < 4.78 is 4.80. The van der Waals surface area contributed by atoms with Crippen molar-refractivity contribution in [2.75, 3.05) is 12.0 Å². The number of esters is 1. The fourth-order valence-corrected chi connectivity index (χ4v) is 6.38. The van der Waals surface area contributed by atoms with Crippen molar-refractivity contribution in [3.63, 3.8) is 0 Å². The van der Waals surface area contributed by atoms with E-state index in [1.54, 1.807) is 42.6 Å². The van der Waals surface area contributed by atoms with Crippen molar-refractivity contribution in [2.45, 2.75) is 31.3 Å². The van der Waals surface area contributed by atoms with Crippen molar-refractivity contribution in [1.82, 2.24) is 10.3 Å². The number of anilines is 1. The van der Waals surface area contributed by atoms with Crippen LogP contribution in [0.5, 0.6) is 0 Å². The van der Waals surface area contributed by atoms with Gasteiger partial charge in [-0.25, -0.2) is 9.69 Å². The van der Waals surface area contributed by atoms with Gasteiger partial charge in [0.2, 0.25) is 11.8 Å². The number of H-pyrrole nitrogens is 1. The molecule has 1 aromatic heterocycles. The number of para-hydroxylation sites is 1. The van der Waals surface area contributed by atoms with Crippen LogP contribution in [0.3, 0.4) is 0 Å². The minimum absolute atomic E-state index is 0.0219. The fourth-order valence-electron chi connectivity index (χ4n) is 6.38. The number of carboxylic acid groups (broad SMARTS) is 1. The maximum Gasteiger partial charge on any atom is 0.337 e. The van der Waals surface area contributed by atoms with E-state index in [0.717, 1.165) is 33.4 Å². The number of methoxy groups -OCH3 is 1. The summed E-state index contributed by atoms with van der Waals surface area (Å²) in [6, 6.07) is 20.4. The summed E-state index contributed by atoms with van der Waals surface area (Å²) in [4.78, 5) is 57.8. The first kappa shape index (κ1) is 26.5. The normalized spacial score (nSPS) is 23.7. The molecule has 0 radical (unpaired) electrons. The highest BCUT2D eigenvalue weighted by Crippen LogP contribution is 2.51. The number of carbonyl (C=O) groups is 4. The topological polar surface area (TPSA) is 129 Å². The highest BCUT2D eigenvalue weighted by molar-refractivity contribution is 6.24. The number of aromatic amines is 1. The van der Waals surface area contributed by atoms with E-state index < -0.39 is 47.2 Å². The number of imide groups is 1. The number of carbonyl (C=O) groups excluding carboxylic acids is 3. The monoisotopic (exact) mass is 551 g/mol. The summed E-state index contributed by atoms with van der Waals surface area (Å²) in [6.07, 6.45) is 2.53. The number of rotatable bonds is 7. The molecule has 3 heterocycles. The first-order chi connectivity index (χ1) is 19.8. The van der Waals surface area contributed by atoms with Crippen molar-refractivity contribution in [3.8, 4) is 0 Å². The second kappa shape index (κ2) is 10.0. The summed E-state index contributed by atoms with van der Waals surface area (Å²) in [7, 11) is 1.29. The van der Waals surface area contributed by atoms with Gasteiger partial charge in [-0.15, -0.1) is 0 Å². The number of hydrogen-bond acceptors (Lipinski definition) is 6. The smallest absolute Gasteiger partial charge is 0.337 e. The third-order valence-electron chi connectivity index (χ3n) is 8.47. The first-order valence-electron chi connectivity index (χ1n) is 13.5. The number of aryl methyl sites for hydroxylation is 1. The average Bonchev–Trinajstić information content (AvgIpc) is 3.64. The predicted octanol–water partition coefficient (Wildman–Crippen LogP) is 4.03. The zero-order chi connectivity index (χ0) is 28.9. The standard InChI is InChI=1S/C32H29N3O6/c1-3-18-8-14-22(15-9-18)35-28(36)25-26(29(35)37)32(31(39)40,16-21-17-33-24-7-5-4-6-23(21)24)34-27(25)19-10-12-20(13-11-19)30(38)41-2/h4-15,17,25-27,33-34H,3,16H2,1-2H3,(H,39,40). The van der Waals surface area contributed by atoms with E-state index in [4.69, 9.17) is 4.74 Å². The largest absolute Gasteiger partial charge is 0.480 e. The Morgan fingerprint density at radius 2 is 1.68 bits per heavy atom. The number of ether oxygens (including phenoxy) is 1. The summed E-state index contributed by atoms with van der Waals surface area (Å²) in [5, 5.41) is 14.9. The van der Waals surface area contributed by atoms with E-state index in [0.29, 0.717) is 16.8 Å². The molecule has 0 aliphatic carbocycles. The van der Waals surface area contributed by atoms with Gasteiger partial charge in [0.25, 0.3) is 0 Å². The Hall–Kier alpha value is -4.76. The number of hydrogen-bond donors (Lipinski definition) is 3. The molecule has 3 aromatic carbocycles. The van der Waals surface area contributed by atoms with Crippen molar-refractivity contribution in [1.29, 1.82) is 0 Å². The quantitative estimate of drug-likeness (QED) is 0.234. The minimum atomic E-state index is -1.77. The van der Waals surface area contributed by atoms with Gasteiger partial charge < -0.3 is 14.8 Å². The number of aliphatic carboxylic acids is 1. The van der Waals surface area contributed by atoms with Crippen molar-refractivity contribution < 1.29 is 29.0 Å². The highest BCUT2D eigenvalue weighted by atomic mass is 16.5. The Morgan fingerprint density at radius 1 is 0.976 bits per heavy atom. The molecule has 0 bridgehead atoms. The first-order valence-corrected chi connectivity index (χ1v) is 13.5. The SMILES string of the molecule is CCc1ccc(N2C(=O)C3C(c4ccc(C(=O)OC)cc4)NC(Cc4c[nH]c5ccccc45)(C(=O)O)C3C2=O)cc1. The van der Waals surface area contributed by atoms with Crippen LogP contribution < -0.4 is 10.2 Å². The fraction of sp³-hybridized carbons (Fsp3) is 0.250. The number of carboxylic acids is 1. The van der Waals surface area contributed by atoms with E-state index in [1.807, 2.05) is 43.3 Å². The number of nitrogens with zero attached hydrogens (tertiary/aromatic N) is 1. The van der Waals surface area contributed by atoms with Gasteiger partial charge in [0.1, 0.15) is 5.54 Å². The second-order valence-electron chi connectivity index (χ2n) is 10.6. The third kappa shape index (κ3) is 4.12. The highest BCUT2D eigenvalue weighted by Gasteiger charge is 2.68. The predicted molar refractivity (Wildman–Crippen MR) is 151 cm³/mol. The van der Waals surface area contributed by atoms with Crippen LogP contribution in [0.1, 0.15) is 40.0 Å².